The lowest BCUT2D eigenvalue weighted by Gasteiger charge is -2.11. The van der Waals surface area contributed by atoms with E-state index in [2.05, 4.69) is 37.2 Å². The highest BCUT2D eigenvalue weighted by Gasteiger charge is 2.08. The van der Waals surface area contributed by atoms with Gasteiger partial charge >= 0.3 is 0 Å². The van der Waals surface area contributed by atoms with E-state index in [1.54, 1.807) is 13.2 Å². The van der Waals surface area contributed by atoms with E-state index in [-0.39, 0.29) is 5.02 Å². The van der Waals surface area contributed by atoms with Crippen LogP contribution in [0.2, 0.25) is 5.02 Å². The van der Waals surface area contributed by atoms with Gasteiger partial charge in [0.05, 0.1) is 21.1 Å². The molecule has 0 unspecified atom stereocenters. The highest BCUT2D eigenvalue weighted by molar-refractivity contribution is 9.11. The van der Waals surface area contributed by atoms with E-state index < -0.39 is 5.82 Å². The zero-order valence-electron chi connectivity index (χ0n) is 10.5. The zero-order chi connectivity index (χ0) is 14.7. The lowest BCUT2D eigenvalue weighted by atomic mass is 10.2. The van der Waals surface area contributed by atoms with E-state index in [0.717, 1.165) is 20.3 Å². The molecule has 0 heterocycles. The summed E-state index contributed by atoms with van der Waals surface area (Å²) in [4.78, 5) is 0. The van der Waals surface area contributed by atoms with Gasteiger partial charge in [0.1, 0.15) is 11.6 Å². The van der Waals surface area contributed by atoms with Crippen LogP contribution in [0, 0.1) is 5.82 Å². The summed E-state index contributed by atoms with van der Waals surface area (Å²) in [5.41, 5.74) is 1.70. The number of rotatable bonds is 4. The summed E-state index contributed by atoms with van der Waals surface area (Å²) in [6, 6.07) is 8.53. The van der Waals surface area contributed by atoms with Gasteiger partial charge in [-0.05, 0) is 67.8 Å². The molecule has 1 N–H and O–H groups in total. The van der Waals surface area contributed by atoms with Gasteiger partial charge in [0.2, 0.25) is 0 Å². The Morgan fingerprint density at radius 2 is 1.85 bits per heavy atom. The molecule has 20 heavy (non-hydrogen) atoms. The molecule has 106 valence electrons. The smallest absolute Gasteiger partial charge is 0.147 e. The van der Waals surface area contributed by atoms with Gasteiger partial charge in [-0.2, -0.15) is 0 Å². The lowest BCUT2D eigenvalue weighted by Crippen LogP contribution is -2.00. The third-order valence-corrected chi connectivity index (χ3v) is 4.16. The predicted molar refractivity (Wildman–Crippen MR) is 87.1 cm³/mol. The Kier molecular flexibility index (Phi) is 5.29. The molecule has 0 fully saturated rings. The second kappa shape index (κ2) is 6.78. The summed E-state index contributed by atoms with van der Waals surface area (Å²) in [6.45, 7) is 0.558. The van der Waals surface area contributed by atoms with Gasteiger partial charge in [-0.25, -0.2) is 4.39 Å². The van der Waals surface area contributed by atoms with Crippen molar-refractivity contribution >= 4 is 49.1 Å². The van der Waals surface area contributed by atoms with Crippen LogP contribution in [0.4, 0.5) is 10.1 Å². The van der Waals surface area contributed by atoms with Crippen LogP contribution in [0.25, 0.3) is 0 Å². The topological polar surface area (TPSA) is 21.3 Å². The molecule has 6 heteroatoms. The maximum Gasteiger partial charge on any atom is 0.147 e. The largest absolute Gasteiger partial charge is 0.494 e. The van der Waals surface area contributed by atoms with Crippen molar-refractivity contribution in [2.45, 2.75) is 6.54 Å². The van der Waals surface area contributed by atoms with Gasteiger partial charge < -0.3 is 10.1 Å². The minimum absolute atomic E-state index is 0.116. The molecule has 0 radical (unpaired) electrons. The SMILES string of the molecule is COc1c(Br)cc(CNc2ccc(Cl)c(F)c2)cc1Br. The van der Waals surface area contributed by atoms with Crippen LogP contribution in [0.5, 0.6) is 5.75 Å². The summed E-state index contributed by atoms with van der Waals surface area (Å²) in [5.74, 6) is 0.306. The second-order valence-corrected chi connectivity index (χ2v) is 6.19. The Labute approximate surface area is 138 Å². The summed E-state index contributed by atoms with van der Waals surface area (Å²) >= 11 is 12.5. The number of ether oxygens (including phenoxy) is 1. The van der Waals surface area contributed by atoms with Crippen molar-refractivity contribution < 1.29 is 9.13 Å². The standard InChI is InChI=1S/C14H11Br2ClFNO/c1-20-14-10(15)4-8(5-11(14)16)7-19-9-2-3-12(17)13(18)6-9/h2-6,19H,7H2,1H3. The molecule has 0 saturated carbocycles. The van der Waals surface area contributed by atoms with Gasteiger partial charge in [0.15, 0.2) is 0 Å². The van der Waals surface area contributed by atoms with Crippen LogP contribution < -0.4 is 10.1 Å². The Bertz CT molecular complexity index is 614. The van der Waals surface area contributed by atoms with Crippen molar-refractivity contribution in [2.75, 3.05) is 12.4 Å². The Morgan fingerprint density at radius 1 is 1.20 bits per heavy atom. The molecule has 2 nitrogen and oxygen atoms in total. The summed E-state index contributed by atoms with van der Waals surface area (Å²) in [7, 11) is 1.61. The van der Waals surface area contributed by atoms with Crippen LogP contribution in [-0.2, 0) is 6.54 Å². The first kappa shape index (κ1) is 15.6. The summed E-state index contributed by atoms with van der Waals surface area (Å²) in [6.07, 6.45) is 0. The fraction of sp³-hybridized carbons (Fsp3) is 0.143. The van der Waals surface area contributed by atoms with Crippen LogP contribution >= 0.6 is 43.5 Å². The average Bonchev–Trinajstić information content (AvgIpc) is 2.40. The first-order valence-corrected chi connectivity index (χ1v) is 7.68. The fourth-order valence-electron chi connectivity index (χ4n) is 1.72. The quantitative estimate of drug-likeness (QED) is 0.689. The number of methoxy groups -OCH3 is 1. The maximum absolute atomic E-state index is 13.3. The van der Waals surface area contributed by atoms with Gasteiger partial charge in [-0.15, -0.1) is 0 Å². The minimum Gasteiger partial charge on any atom is -0.494 e. The lowest BCUT2D eigenvalue weighted by molar-refractivity contribution is 0.409. The average molecular weight is 424 g/mol. The van der Waals surface area contributed by atoms with Crippen LogP contribution in [-0.4, -0.2) is 7.11 Å². The summed E-state index contributed by atoms with van der Waals surface area (Å²) < 4.78 is 20.3. The molecule has 0 aromatic heterocycles. The van der Waals surface area contributed by atoms with Crippen molar-refractivity contribution in [3.05, 3.63) is 55.7 Å². The number of nitrogens with one attached hydrogen (secondary N) is 1. The van der Waals surface area contributed by atoms with E-state index in [4.69, 9.17) is 16.3 Å². The highest BCUT2D eigenvalue weighted by atomic mass is 79.9. The maximum atomic E-state index is 13.3. The molecule has 0 amide bonds. The van der Waals surface area contributed by atoms with Crippen molar-refractivity contribution in [2.24, 2.45) is 0 Å². The molecule has 2 aromatic carbocycles. The number of benzene rings is 2. The Morgan fingerprint density at radius 3 is 2.40 bits per heavy atom. The van der Waals surface area contributed by atoms with E-state index in [9.17, 15) is 4.39 Å². The van der Waals surface area contributed by atoms with Gasteiger partial charge in [0.25, 0.3) is 0 Å². The molecule has 0 aliphatic rings. The van der Waals surface area contributed by atoms with Gasteiger partial charge in [0, 0.05) is 12.2 Å². The second-order valence-electron chi connectivity index (χ2n) is 4.08. The molecule has 0 aliphatic carbocycles. The predicted octanol–water partition coefficient (Wildman–Crippen LogP) is 5.62. The molecular weight excluding hydrogens is 412 g/mol. The van der Waals surface area contributed by atoms with Gasteiger partial charge in [-0.3, -0.25) is 0 Å². The van der Waals surface area contributed by atoms with Crippen molar-refractivity contribution in [1.29, 1.82) is 0 Å². The molecule has 2 rings (SSSR count). The number of hydrogen-bond acceptors (Lipinski definition) is 2. The minimum atomic E-state index is -0.436. The third-order valence-electron chi connectivity index (χ3n) is 2.68. The molecule has 0 aliphatic heterocycles. The number of hydrogen-bond donors (Lipinski definition) is 1. The Balaban J connectivity index is 2.13. The molecule has 0 saturated heterocycles. The van der Waals surface area contributed by atoms with Crippen molar-refractivity contribution in [3.63, 3.8) is 0 Å². The molecule has 2 aromatic rings. The van der Waals surface area contributed by atoms with Crippen LogP contribution in [0.3, 0.4) is 0 Å². The van der Waals surface area contributed by atoms with Crippen LogP contribution in [0.1, 0.15) is 5.56 Å². The highest BCUT2D eigenvalue weighted by Crippen LogP contribution is 2.34. The summed E-state index contributed by atoms with van der Waals surface area (Å²) in [5, 5.41) is 3.26. The van der Waals surface area contributed by atoms with E-state index in [1.165, 1.54) is 12.1 Å². The fourth-order valence-corrected chi connectivity index (χ4v) is 3.44. The van der Waals surface area contributed by atoms with Crippen molar-refractivity contribution in [3.8, 4) is 5.75 Å². The molecule has 0 bridgehead atoms. The number of anilines is 1. The van der Waals surface area contributed by atoms with Crippen molar-refractivity contribution in [1.82, 2.24) is 0 Å². The van der Waals surface area contributed by atoms with E-state index in [1.807, 2.05) is 12.1 Å². The monoisotopic (exact) mass is 421 g/mol. The van der Waals surface area contributed by atoms with E-state index in [0.29, 0.717) is 12.2 Å². The molecule has 0 atom stereocenters. The first-order valence-electron chi connectivity index (χ1n) is 5.72. The third kappa shape index (κ3) is 3.65. The zero-order valence-corrected chi connectivity index (χ0v) is 14.4. The number of halogens is 4. The Hall–Kier alpha value is -0.780. The van der Waals surface area contributed by atoms with Crippen LogP contribution in [0.15, 0.2) is 39.3 Å². The molecule has 0 spiro atoms. The normalized spacial score (nSPS) is 10.4. The van der Waals surface area contributed by atoms with E-state index >= 15 is 0 Å². The molecular formula is C14H11Br2ClFNO. The van der Waals surface area contributed by atoms with Gasteiger partial charge in [-0.1, -0.05) is 11.6 Å². The first-order chi connectivity index (χ1) is 9.51.